The Balaban J connectivity index is 1.66. The average molecular weight is 404 g/mol. The van der Waals surface area contributed by atoms with Crippen LogP contribution in [-0.4, -0.2) is 34.0 Å². The average Bonchev–Trinajstić information content (AvgIpc) is 3.26. The van der Waals surface area contributed by atoms with Gasteiger partial charge in [-0.25, -0.2) is 9.18 Å². The van der Waals surface area contributed by atoms with Crippen LogP contribution in [0.2, 0.25) is 0 Å². The lowest BCUT2D eigenvalue weighted by molar-refractivity contribution is -0.115. The van der Waals surface area contributed by atoms with E-state index in [9.17, 15) is 14.0 Å². The predicted molar refractivity (Wildman–Crippen MR) is 111 cm³/mol. The van der Waals surface area contributed by atoms with Gasteiger partial charge in [0.2, 0.25) is 0 Å². The molecule has 1 aliphatic rings. The molecule has 0 saturated heterocycles. The van der Waals surface area contributed by atoms with Crippen molar-refractivity contribution in [3.05, 3.63) is 89.0 Å². The zero-order valence-corrected chi connectivity index (χ0v) is 16.6. The lowest BCUT2D eigenvalue weighted by atomic mass is 9.90. The van der Waals surface area contributed by atoms with Crippen molar-refractivity contribution in [2.45, 2.75) is 19.4 Å². The maximum Gasteiger partial charge on any atom is 0.321 e. The van der Waals surface area contributed by atoms with Crippen LogP contribution in [0.25, 0.3) is 11.3 Å². The van der Waals surface area contributed by atoms with E-state index in [4.69, 9.17) is 0 Å². The van der Waals surface area contributed by atoms with E-state index < -0.39 is 6.04 Å². The number of urea groups is 1. The van der Waals surface area contributed by atoms with Gasteiger partial charge in [0.25, 0.3) is 0 Å². The van der Waals surface area contributed by atoms with Crippen LogP contribution in [0.3, 0.4) is 0 Å². The second-order valence-corrected chi connectivity index (χ2v) is 7.29. The fourth-order valence-electron chi connectivity index (χ4n) is 3.64. The zero-order valence-electron chi connectivity index (χ0n) is 16.6. The third-order valence-corrected chi connectivity index (χ3v) is 5.35. The van der Waals surface area contributed by atoms with E-state index >= 15 is 0 Å². The van der Waals surface area contributed by atoms with E-state index in [0.29, 0.717) is 11.1 Å². The van der Waals surface area contributed by atoms with Gasteiger partial charge in [-0.05, 0) is 41.8 Å². The fourth-order valence-corrected chi connectivity index (χ4v) is 3.64. The van der Waals surface area contributed by atoms with Gasteiger partial charge >= 0.3 is 6.03 Å². The minimum atomic E-state index is -0.627. The number of H-pyrrole nitrogens is 1. The van der Waals surface area contributed by atoms with Crippen LogP contribution in [0.4, 0.5) is 9.18 Å². The molecule has 30 heavy (non-hydrogen) atoms. The van der Waals surface area contributed by atoms with Crippen LogP contribution < -0.4 is 5.32 Å². The van der Waals surface area contributed by atoms with Crippen molar-refractivity contribution in [2.24, 2.45) is 0 Å². The summed E-state index contributed by atoms with van der Waals surface area (Å²) in [6, 6.07) is 12.5. The van der Waals surface area contributed by atoms with Gasteiger partial charge in [0.05, 0.1) is 11.7 Å². The van der Waals surface area contributed by atoms with Crippen LogP contribution in [0.15, 0.2) is 66.5 Å². The maximum absolute atomic E-state index is 13.4. The molecule has 2 amide bonds. The standard InChI is InChI=1S/C23H21FN4O2/c1-14-16(4-3-5-18(14)20-10-11-25-27-20)12-21(29)19-13-28(2)23(30)26-22(19)15-6-8-17(24)9-7-15/h3-11,13,22H,12H2,1-2H3,(H,25,27)(H,26,30)/t22-/m0/s1. The number of Topliss-reactive ketones (excluding diaryl/α,β-unsaturated/α-hetero) is 1. The number of benzene rings is 2. The molecule has 0 bridgehead atoms. The van der Waals surface area contributed by atoms with E-state index in [1.165, 1.54) is 17.0 Å². The molecular formula is C23H21FN4O2. The van der Waals surface area contributed by atoms with E-state index in [0.717, 1.165) is 22.4 Å². The predicted octanol–water partition coefficient (Wildman–Crippen LogP) is 3.92. The molecule has 6 nitrogen and oxygen atoms in total. The van der Waals surface area contributed by atoms with Gasteiger partial charge in [0.1, 0.15) is 5.82 Å². The lowest BCUT2D eigenvalue weighted by Crippen LogP contribution is -2.43. The largest absolute Gasteiger partial charge is 0.327 e. The summed E-state index contributed by atoms with van der Waals surface area (Å²) in [7, 11) is 1.59. The molecule has 1 aromatic heterocycles. The van der Waals surface area contributed by atoms with Gasteiger partial charge < -0.3 is 10.2 Å². The van der Waals surface area contributed by atoms with Gasteiger partial charge in [-0.2, -0.15) is 5.10 Å². The third-order valence-electron chi connectivity index (χ3n) is 5.35. The summed E-state index contributed by atoms with van der Waals surface area (Å²) in [5, 5.41) is 9.78. The highest BCUT2D eigenvalue weighted by Crippen LogP contribution is 2.29. The molecule has 0 unspecified atom stereocenters. The van der Waals surface area contributed by atoms with E-state index in [-0.39, 0.29) is 24.1 Å². The summed E-state index contributed by atoms with van der Waals surface area (Å²) >= 11 is 0. The molecule has 2 heterocycles. The van der Waals surface area contributed by atoms with Crippen molar-refractivity contribution in [3.8, 4) is 11.3 Å². The molecule has 0 radical (unpaired) electrons. The van der Waals surface area contributed by atoms with Crippen molar-refractivity contribution in [1.82, 2.24) is 20.4 Å². The Kier molecular flexibility index (Phi) is 5.18. The van der Waals surface area contributed by atoms with Crippen LogP contribution in [0, 0.1) is 12.7 Å². The molecule has 0 saturated carbocycles. The number of nitrogens with one attached hydrogen (secondary N) is 2. The Morgan fingerprint density at radius 1 is 1.17 bits per heavy atom. The van der Waals surface area contributed by atoms with Crippen molar-refractivity contribution in [2.75, 3.05) is 7.05 Å². The monoisotopic (exact) mass is 404 g/mol. The lowest BCUT2D eigenvalue weighted by Gasteiger charge is -2.30. The molecule has 2 aromatic carbocycles. The van der Waals surface area contributed by atoms with Gasteiger partial charge in [-0.3, -0.25) is 9.89 Å². The summed E-state index contributed by atoms with van der Waals surface area (Å²) in [5.41, 5.74) is 4.86. The number of hydrogen-bond acceptors (Lipinski definition) is 3. The maximum atomic E-state index is 13.4. The first-order chi connectivity index (χ1) is 14.4. The van der Waals surface area contributed by atoms with Gasteiger partial charge in [0, 0.05) is 37.0 Å². The highest BCUT2D eigenvalue weighted by molar-refractivity contribution is 6.00. The normalized spacial score (nSPS) is 16.2. The van der Waals surface area contributed by atoms with Crippen molar-refractivity contribution >= 4 is 11.8 Å². The van der Waals surface area contributed by atoms with Gasteiger partial charge in [0.15, 0.2) is 5.78 Å². The molecule has 0 spiro atoms. The summed E-state index contributed by atoms with van der Waals surface area (Å²) in [5.74, 6) is -0.484. The number of amides is 2. The Morgan fingerprint density at radius 3 is 2.63 bits per heavy atom. The molecule has 152 valence electrons. The number of ketones is 1. The second kappa shape index (κ2) is 7.94. The first-order valence-electron chi connectivity index (χ1n) is 9.56. The summed E-state index contributed by atoms with van der Waals surface area (Å²) in [6.45, 7) is 1.97. The van der Waals surface area contributed by atoms with Crippen LogP contribution >= 0.6 is 0 Å². The molecule has 4 rings (SSSR count). The smallest absolute Gasteiger partial charge is 0.321 e. The molecule has 1 aliphatic heterocycles. The first kappa shape index (κ1) is 19.6. The molecule has 0 fully saturated rings. The van der Waals surface area contributed by atoms with Crippen molar-refractivity contribution in [3.63, 3.8) is 0 Å². The van der Waals surface area contributed by atoms with Gasteiger partial charge in [-0.15, -0.1) is 0 Å². The summed E-state index contributed by atoms with van der Waals surface area (Å²) in [6.07, 6.45) is 3.43. The topological polar surface area (TPSA) is 78.1 Å². The zero-order chi connectivity index (χ0) is 21.3. The van der Waals surface area contributed by atoms with Gasteiger partial charge in [-0.1, -0.05) is 30.3 Å². The Bertz CT molecular complexity index is 1120. The SMILES string of the molecule is Cc1c(CC(=O)C2=CN(C)C(=O)N[C@H]2c2ccc(F)cc2)cccc1-c1ccn[nH]1. The van der Waals surface area contributed by atoms with E-state index in [1.807, 2.05) is 31.2 Å². The summed E-state index contributed by atoms with van der Waals surface area (Å²) < 4.78 is 13.4. The first-order valence-corrected chi connectivity index (χ1v) is 9.56. The summed E-state index contributed by atoms with van der Waals surface area (Å²) in [4.78, 5) is 26.8. The number of aromatic amines is 1. The second-order valence-electron chi connectivity index (χ2n) is 7.29. The highest BCUT2D eigenvalue weighted by Gasteiger charge is 2.30. The Hall–Kier alpha value is -3.74. The molecular weight excluding hydrogens is 383 g/mol. The van der Waals surface area contributed by atoms with E-state index in [1.54, 1.807) is 31.6 Å². The third kappa shape index (κ3) is 3.74. The number of nitrogens with zero attached hydrogens (tertiary/aromatic N) is 2. The van der Waals surface area contributed by atoms with Crippen molar-refractivity contribution < 1.29 is 14.0 Å². The molecule has 3 aromatic rings. The highest BCUT2D eigenvalue weighted by atomic mass is 19.1. The fraction of sp³-hybridized carbons (Fsp3) is 0.174. The molecule has 0 aliphatic carbocycles. The Labute approximate surface area is 173 Å². The number of halogens is 1. The van der Waals surface area contributed by atoms with Crippen molar-refractivity contribution in [1.29, 1.82) is 0 Å². The molecule has 2 N–H and O–H groups in total. The Morgan fingerprint density at radius 2 is 1.93 bits per heavy atom. The van der Waals surface area contributed by atoms with E-state index in [2.05, 4.69) is 15.5 Å². The molecule has 7 heteroatoms. The minimum Gasteiger partial charge on any atom is -0.327 e. The number of carbonyl (C=O) groups excluding carboxylic acids is 2. The van der Waals surface area contributed by atoms with Crippen LogP contribution in [-0.2, 0) is 11.2 Å². The van der Waals surface area contributed by atoms with Crippen LogP contribution in [0.5, 0.6) is 0 Å². The minimum absolute atomic E-state index is 0.110. The number of hydrogen-bond donors (Lipinski definition) is 2. The quantitative estimate of drug-likeness (QED) is 0.677. The number of aromatic nitrogens is 2. The molecule has 1 atom stereocenters. The number of rotatable bonds is 5. The van der Waals surface area contributed by atoms with Crippen LogP contribution in [0.1, 0.15) is 22.7 Å². The number of carbonyl (C=O) groups is 2.